The van der Waals surface area contributed by atoms with Crippen molar-refractivity contribution in [3.05, 3.63) is 0 Å². The van der Waals surface area contributed by atoms with Crippen molar-refractivity contribution in [1.82, 2.24) is 0 Å². The largest absolute Gasteiger partial charge is 0.396 e. The molecule has 72 valence electrons. The smallest absolute Gasteiger partial charge is 0.0852 e. The van der Waals surface area contributed by atoms with Crippen LogP contribution in [0.15, 0.2) is 0 Å². The molecule has 1 saturated carbocycles. The SMILES string of the molecule is OCC[C@H]1[C@@H](O)[C@H](O)CC[C@@H]1O. The van der Waals surface area contributed by atoms with Gasteiger partial charge in [0.1, 0.15) is 0 Å². The predicted octanol–water partition coefficient (Wildman–Crippen LogP) is -1.14. The van der Waals surface area contributed by atoms with Crippen molar-refractivity contribution in [2.75, 3.05) is 6.61 Å². The summed E-state index contributed by atoms with van der Waals surface area (Å²) in [5.74, 6) is -0.376. The molecule has 0 spiro atoms. The molecule has 1 aliphatic carbocycles. The molecule has 4 heteroatoms. The molecule has 0 aromatic carbocycles. The van der Waals surface area contributed by atoms with E-state index >= 15 is 0 Å². The standard InChI is InChI=1S/C8H16O4/c9-4-3-5-6(10)1-2-7(11)8(5)12/h5-12H,1-4H2/t5-,6+,7-,8-/m1/s1. The van der Waals surface area contributed by atoms with Gasteiger partial charge >= 0.3 is 0 Å². The third-order valence-corrected chi connectivity index (χ3v) is 2.55. The fourth-order valence-corrected chi connectivity index (χ4v) is 1.75. The van der Waals surface area contributed by atoms with Gasteiger partial charge in [0.05, 0.1) is 18.3 Å². The van der Waals surface area contributed by atoms with Crippen LogP contribution in [-0.2, 0) is 0 Å². The highest BCUT2D eigenvalue weighted by Gasteiger charge is 2.35. The molecule has 4 nitrogen and oxygen atoms in total. The maximum Gasteiger partial charge on any atom is 0.0852 e. The van der Waals surface area contributed by atoms with Gasteiger partial charge in [-0.05, 0) is 19.3 Å². The first kappa shape index (κ1) is 9.92. The Morgan fingerprint density at radius 3 is 2.17 bits per heavy atom. The highest BCUT2D eigenvalue weighted by molar-refractivity contribution is 4.86. The molecular formula is C8H16O4. The highest BCUT2D eigenvalue weighted by Crippen LogP contribution is 2.27. The molecule has 4 N–H and O–H groups in total. The quantitative estimate of drug-likeness (QED) is 0.429. The average molecular weight is 176 g/mol. The van der Waals surface area contributed by atoms with E-state index in [1.54, 1.807) is 0 Å². The maximum atomic E-state index is 9.42. The lowest BCUT2D eigenvalue weighted by Gasteiger charge is -2.35. The zero-order chi connectivity index (χ0) is 9.14. The van der Waals surface area contributed by atoms with Gasteiger partial charge in [0, 0.05) is 12.5 Å². The van der Waals surface area contributed by atoms with Gasteiger partial charge in [0.2, 0.25) is 0 Å². The van der Waals surface area contributed by atoms with Crippen LogP contribution < -0.4 is 0 Å². The van der Waals surface area contributed by atoms with Gasteiger partial charge in [-0.25, -0.2) is 0 Å². The Balaban J connectivity index is 2.52. The zero-order valence-corrected chi connectivity index (χ0v) is 6.93. The van der Waals surface area contributed by atoms with Crippen LogP contribution in [0.1, 0.15) is 19.3 Å². The van der Waals surface area contributed by atoms with E-state index in [4.69, 9.17) is 5.11 Å². The number of aliphatic hydroxyl groups excluding tert-OH is 4. The summed E-state index contributed by atoms with van der Waals surface area (Å²) in [6.45, 7) is -0.0640. The minimum atomic E-state index is -0.888. The van der Waals surface area contributed by atoms with Crippen LogP contribution in [0.2, 0.25) is 0 Å². The summed E-state index contributed by atoms with van der Waals surface area (Å²) < 4.78 is 0. The van der Waals surface area contributed by atoms with Gasteiger partial charge in [-0.2, -0.15) is 0 Å². The van der Waals surface area contributed by atoms with Crippen LogP contribution >= 0.6 is 0 Å². The van der Waals surface area contributed by atoms with Crippen LogP contribution in [0, 0.1) is 5.92 Å². The van der Waals surface area contributed by atoms with E-state index in [-0.39, 0.29) is 12.5 Å². The van der Waals surface area contributed by atoms with E-state index in [9.17, 15) is 15.3 Å². The van der Waals surface area contributed by atoms with Crippen molar-refractivity contribution in [1.29, 1.82) is 0 Å². The summed E-state index contributed by atoms with van der Waals surface area (Å²) in [6.07, 6.45) is -0.937. The van der Waals surface area contributed by atoms with Crippen molar-refractivity contribution in [2.45, 2.75) is 37.6 Å². The van der Waals surface area contributed by atoms with Crippen molar-refractivity contribution < 1.29 is 20.4 Å². The lowest BCUT2D eigenvalue weighted by Crippen LogP contribution is -2.45. The molecule has 0 unspecified atom stereocenters. The minimum absolute atomic E-state index is 0.0640. The first-order valence-electron chi connectivity index (χ1n) is 4.32. The Morgan fingerprint density at radius 2 is 1.58 bits per heavy atom. The molecule has 0 aliphatic heterocycles. The van der Waals surface area contributed by atoms with Gasteiger partial charge in [-0.15, -0.1) is 0 Å². The van der Waals surface area contributed by atoms with Crippen molar-refractivity contribution in [2.24, 2.45) is 5.92 Å². The molecule has 12 heavy (non-hydrogen) atoms. The van der Waals surface area contributed by atoms with Gasteiger partial charge < -0.3 is 20.4 Å². The minimum Gasteiger partial charge on any atom is -0.396 e. The van der Waals surface area contributed by atoms with E-state index in [0.717, 1.165) is 0 Å². The fourth-order valence-electron chi connectivity index (χ4n) is 1.75. The Morgan fingerprint density at radius 1 is 1.00 bits per heavy atom. The summed E-state index contributed by atoms with van der Waals surface area (Å²) in [5, 5.41) is 36.7. The van der Waals surface area contributed by atoms with E-state index in [1.807, 2.05) is 0 Å². The fraction of sp³-hybridized carbons (Fsp3) is 1.00. The molecule has 1 fully saturated rings. The normalized spacial score (nSPS) is 43.0. The Kier molecular flexibility index (Phi) is 3.46. The number of hydrogen-bond acceptors (Lipinski definition) is 4. The summed E-state index contributed by atoms with van der Waals surface area (Å²) in [4.78, 5) is 0. The number of hydrogen-bond donors (Lipinski definition) is 4. The Labute approximate surface area is 71.5 Å². The summed E-state index contributed by atoms with van der Waals surface area (Å²) >= 11 is 0. The van der Waals surface area contributed by atoms with E-state index < -0.39 is 18.3 Å². The molecule has 0 heterocycles. The second-order valence-corrected chi connectivity index (χ2v) is 3.38. The van der Waals surface area contributed by atoms with Gasteiger partial charge in [-0.1, -0.05) is 0 Å². The van der Waals surface area contributed by atoms with Gasteiger partial charge in [0.15, 0.2) is 0 Å². The average Bonchev–Trinajstić information content (AvgIpc) is 2.06. The second kappa shape index (κ2) is 4.18. The maximum absolute atomic E-state index is 9.42. The molecule has 0 aromatic heterocycles. The monoisotopic (exact) mass is 176 g/mol. The molecule has 0 amide bonds. The highest BCUT2D eigenvalue weighted by atomic mass is 16.3. The van der Waals surface area contributed by atoms with Gasteiger partial charge in [0.25, 0.3) is 0 Å². The third kappa shape index (κ3) is 1.95. The topological polar surface area (TPSA) is 80.9 Å². The molecular weight excluding hydrogens is 160 g/mol. The molecule has 0 aromatic rings. The second-order valence-electron chi connectivity index (χ2n) is 3.38. The Bertz CT molecular complexity index is 139. The lowest BCUT2D eigenvalue weighted by atomic mass is 9.80. The summed E-state index contributed by atoms with van der Waals surface area (Å²) in [7, 11) is 0. The van der Waals surface area contributed by atoms with Crippen LogP contribution in [0.4, 0.5) is 0 Å². The van der Waals surface area contributed by atoms with Crippen molar-refractivity contribution in [3.8, 4) is 0 Å². The number of aliphatic hydroxyl groups is 4. The summed E-state index contributed by atoms with van der Waals surface area (Å²) in [6, 6.07) is 0. The van der Waals surface area contributed by atoms with Crippen LogP contribution in [0.5, 0.6) is 0 Å². The first-order chi connectivity index (χ1) is 5.66. The predicted molar refractivity (Wildman–Crippen MR) is 42.4 cm³/mol. The lowest BCUT2D eigenvalue weighted by molar-refractivity contribution is -0.0999. The van der Waals surface area contributed by atoms with E-state index in [2.05, 4.69) is 0 Å². The van der Waals surface area contributed by atoms with Gasteiger partial charge in [-0.3, -0.25) is 0 Å². The van der Waals surface area contributed by atoms with Crippen LogP contribution in [-0.4, -0.2) is 45.3 Å². The first-order valence-corrected chi connectivity index (χ1v) is 4.32. The third-order valence-electron chi connectivity index (χ3n) is 2.55. The van der Waals surface area contributed by atoms with E-state index in [0.29, 0.717) is 19.3 Å². The Hall–Kier alpha value is -0.160. The molecule has 1 aliphatic rings. The van der Waals surface area contributed by atoms with Crippen LogP contribution in [0.3, 0.4) is 0 Å². The number of rotatable bonds is 2. The van der Waals surface area contributed by atoms with Crippen LogP contribution in [0.25, 0.3) is 0 Å². The molecule has 0 bridgehead atoms. The zero-order valence-electron chi connectivity index (χ0n) is 6.93. The molecule has 0 radical (unpaired) electrons. The van der Waals surface area contributed by atoms with Crippen molar-refractivity contribution >= 4 is 0 Å². The van der Waals surface area contributed by atoms with Crippen molar-refractivity contribution in [3.63, 3.8) is 0 Å². The summed E-state index contributed by atoms with van der Waals surface area (Å²) in [5.41, 5.74) is 0. The molecule has 1 rings (SSSR count). The molecule has 0 saturated heterocycles. The molecule has 4 atom stereocenters. The van der Waals surface area contributed by atoms with E-state index in [1.165, 1.54) is 0 Å².